The van der Waals surface area contributed by atoms with E-state index in [1.807, 2.05) is 0 Å². The van der Waals surface area contributed by atoms with Crippen LogP contribution in [0.4, 0.5) is 4.39 Å². The lowest BCUT2D eigenvalue weighted by atomic mass is 10.2. The molecule has 0 aliphatic heterocycles. The predicted octanol–water partition coefficient (Wildman–Crippen LogP) is 1.23. The fourth-order valence-electron chi connectivity index (χ4n) is 1.52. The van der Waals surface area contributed by atoms with E-state index in [2.05, 4.69) is 15.3 Å². The van der Waals surface area contributed by atoms with Crippen LogP contribution < -0.4 is 5.32 Å². The van der Waals surface area contributed by atoms with Gasteiger partial charge in [-0.1, -0.05) is 0 Å². The van der Waals surface area contributed by atoms with Crippen molar-refractivity contribution in [3.63, 3.8) is 0 Å². The van der Waals surface area contributed by atoms with Crippen molar-refractivity contribution >= 4 is 5.91 Å². The van der Waals surface area contributed by atoms with E-state index in [0.29, 0.717) is 13.0 Å². The molecular formula is C12H12FN3O2. The highest BCUT2D eigenvalue weighted by molar-refractivity contribution is 5.96. The Hall–Kier alpha value is -2.37. The molecule has 0 spiro atoms. The SMILES string of the molecule is O=C(NCCc1ncc[nH]1)c1ccc(F)cc1O. The number of nitrogens with zero attached hydrogens (tertiary/aromatic N) is 1. The van der Waals surface area contributed by atoms with Crippen LogP contribution in [0.25, 0.3) is 0 Å². The summed E-state index contributed by atoms with van der Waals surface area (Å²) in [7, 11) is 0. The quantitative estimate of drug-likeness (QED) is 0.762. The lowest BCUT2D eigenvalue weighted by molar-refractivity contribution is 0.0951. The Bertz CT molecular complexity index is 540. The molecule has 18 heavy (non-hydrogen) atoms. The zero-order chi connectivity index (χ0) is 13.0. The maximum atomic E-state index is 12.7. The molecule has 2 rings (SSSR count). The van der Waals surface area contributed by atoms with Crippen molar-refractivity contribution in [3.05, 3.63) is 47.8 Å². The van der Waals surface area contributed by atoms with Gasteiger partial charge in [0.25, 0.3) is 5.91 Å². The molecule has 0 aliphatic rings. The molecule has 0 aliphatic carbocycles. The minimum Gasteiger partial charge on any atom is -0.507 e. The topological polar surface area (TPSA) is 78.0 Å². The summed E-state index contributed by atoms with van der Waals surface area (Å²) in [5, 5.41) is 12.0. The highest BCUT2D eigenvalue weighted by Gasteiger charge is 2.11. The number of aromatic amines is 1. The minimum absolute atomic E-state index is 0.0517. The van der Waals surface area contributed by atoms with E-state index in [0.717, 1.165) is 18.0 Å². The average molecular weight is 249 g/mol. The first-order valence-corrected chi connectivity index (χ1v) is 5.42. The molecule has 1 amide bonds. The van der Waals surface area contributed by atoms with Crippen molar-refractivity contribution in [3.8, 4) is 5.75 Å². The summed E-state index contributed by atoms with van der Waals surface area (Å²) < 4.78 is 12.7. The zero-order valence-corrected chi connectivity index (χ0v) is 9.48. The Labute approximate surface area is 103 Å². The number of phenolic OH excluding ortho intramolecular Hbond substituents is 1. The molecule has 0 fully saturated rings. The molecule has 1 heterocycles. The van der Waals surface area contributed by atoms with Crippen LogP contribution in [-0.2, 0) is 6.42 Å². The van der Waals surface area contributed by atoms with E-state index in [4.69, 9.17) is 0 Å². The van der Waals surface area contributed by atoms with Gasteiger partial charge in [-0.05, 0) is 12.1 Å². The number of phenols is 1. The molecule has 3 N–H and O–H groups in total. The smallest absolute Gasteiger partial charge is 0.255 e. The van der Waals surface area contributed by atoms with Crippen LogP contribution in [0.5, 0.6) is 5.75 Å². The highest BCUT2D eigenvalue weighted by Crippen LogP contribution is 2.17. The Morgan fingerprint density at radius 2 is 2.33 bits per heavy atom. The second-order valence-corrected chi connectivity index (χ2v) is 3.70. The summed E-state index contributed by atoms with van der Waals surface area (Å²) in [4.78, 5) is 18.6. The summed E-state index contributed by atoms with van der Waals surface area (Å²) >= 11 is 0. The van der Waals surface area contributed by atoms with E-state index in [1.54, 1.807) is 12.4 Å². The Balaban J connectivity index is 1.91. The third kappa shape index (κ3) is 2.85. The van der Waals surface area contributed by atoms with Gasteiger partial charge < -0.3 is 15.4 Å². The number of halogens is 1. The molecule has 0 radical (unpaired) electrons. The van der Waals surface area contributed by atoms with Gasteiger partial charge in [0.1, 0.15) is 17.4 Å². The lowest BCUT2D eigenvalue weighted by Gasteiger charge is -2.05. The molecule has 6 heteroatoms. The largest absolute Gasteiger partial charge is 0.507 e. The number of benzene rings is 1. The maximum Gasteiger partial charge on any atom is 0.255 e. The average Bonchev–Trinajstić information content (AvgIpc) is 2.81. The normalized spacial score (nSPS) is 10.3. The molecule has 0 saturated heterocycles. The summed E-state index contributed by atoms with van der Waals surface area (Å²) in [5.41, 5.74) is 0.0517. The molecule has 5 nitrogen and oxygen atoms in total. The van der Waals surface area contributed by atoms with Crippen molar-refractivity contribution in [1.82, 2.24) is 15.3 Å². The van der Waals surface area contributed by atoms with Crippen LogP contribution in [0.15, 0.2) is 30.6 Å². The van der Waals surface area contributed by atoms with Crippen LogP contribution in [0.1, 0.15) is 16.2 Å². The van der Waals surface area contributed by atoms with Gasteiger partial charge >= 0.3 is 0 Å². The van der Waals surface area contributed by atoms with E-state index < -0.39 is 11.7 Å². The number of nitrogens with one attached hydrogen (secondary N) is 2. The Morgan fingerprint density at radius 3 is 3.00 bits per heavy atom. The molecule has 0 bridgehead atoms. The molecule has 1 aromatic carbocycles. The number of carbonyl (C=O) groups is 1. The fraction of sp³-hybridized carbons (Fsp3) is 0.167. The van der Waals surface area contributed by atoms with Crippen LogP contribution >= 0.6 is 0 Å². The number of aromatic nitrogens is 2. The number of H-pyrrole nitrogens is 1. The molecule has 0 unspecified atom stereocenters. The second kappa shape index (κ2) is 5.31. The van der Waals surface area contributed by atoms with Crippen LogP contribution in [0.3, 0.4) is 0 Å². The van der Waals surface area contributed by atoms with Crippen molar-refractivity contribution in [2.75, 3.05) is 6.54 Å². The summed E-state index contributed by atoms with van der Waals surface area (Å²) in [6.07, 6.45) is 3.88. The Morgan fingerprint density at radius 1 is 1.50 bits per heavy atom. The molecule has 1 aromatic heterocycles. The number of carbonyl (C=O) groups excluding carboxylic acids is 1. The zero-order valence-electron chi connectivity index (χ0n) is 9.48. The number of amides is 1. The standard InChI is InChI=1S/C12H12FN3O2/c13-8-1-2-9(10(17)7-8)12(18)16-4-3-11-14-5-6-15-11/h1-2,5-7,17H,3-4H2,(H,14,15)(H,16,18). The van der Waals surface area contributed by atoms with E-state index in [9.17, 15) is 14.3 Å². The number of hydrogen-bond acceptors (Lipinski definition) is 3. The maximum absolute atomic E-state index is 12.7. The van der Waals surface area contributed by atoms with Crippen LogP contribution in [0.2, 0.25) is 0 Å². The Kier molecular flexibility index (Phi) is 3.57. The first kappa shape index (κ1) is 12.1. The van der Waals surface area contributed by atoms with Crippen molar-refractivity contribution in [2.24, 2.45) is 0 Å². The van der Waals surface area contributed by atoms with Gasteiger partial charge in [-0.3, -0.25) is 4.79 Å². The lowest BCUT2D eigenvalue weighted by Crippen LogP contribution is -2.26. The molecule has 2 aromatic rings. The number of hydrogen-bond donors (Lipinski definition) is 3. The van der Waals surface area contributed by atoms with Crippen LogP contribution in [0, 0.1) is 5.82 Å². The summed E-state index contributed by atoms with van der Waals surface area (Å²) in [6.45, 7) is 0.378. The van der Waals surface area contributed by atoms with Gasteiger partial charge in [-0.2, -0.15) is 0 Å². The van der Waals surface area contributed by atoms with Gasteiger partial charge in [-0.25, -0.2) is 9.37 Å². The number of rotatable bonds is 4. The first-order valence-electron chi connectivity index (χ1n) is 5.42. The summed E-state index contributed by atoms with van der Waals surface area (Å²) in [6, 6.07) is 3.27. The van der Waals surface area contributed by atoms with Gasteiger partial charge in [0.15, 0.2) is 0 Å². The van der Waals surface area contributed by atoms with Gasteiger partial charge in [-0.15, -0.1) is 0 Å². The number of imidazole rings is 1. The van der Waals surface area contributed by atoms with Crippen molar-refractivity contribution < 1.29 is 14.3 Å². The number of aromatic hydroxyl groups is 1. The van der Waals surface area contributed by atoms with Gasteiger partial charge in [0, 0.05) is 31.4 Å². The van der Waals surface area contributed by atoms with Gasteiger partial charge in [0.2, 0.25) is 0 Å². The molecule has 0 saturated carbocycles. The van der Waals surface area contributed by atoms with E-state index >= 15 is 0 Å². The molecule has 94 valence electrons. The van der Waals surface area contributed by atoms with E-state index in [1.165, 1.54) is 6.07 Å². The van der Waals surface area contributed by atoms with Crippen molar-refractivity contribution in [1.29, 1.82) is 0 Å². The predicted molar refractivity (Wildman–Crippen MR) is 62.7 cm³/mol. The third-order valence-corrected chi connectivity index (χ3v) is 2.41. The molecule has 0 atom stereocenters. The second-order valence-electron chi connectivity index (χ2n) is 3.70. The van der Waals surface area contributed by atoms with Gasteiger partial charge in [0.05, 0.1) is 5.56 Å². The first-order chi connectivity index (χ1) is 8.66. The summed E-state index contributed by atoms with van der Waals surface area (Å²) in [5.74, 6) is -0.636. The van der Waals surface area contributed by atoms with E-state index in [-0.39, 0.29) is 11.3 Å². The van der Waals surface area contributed by atoms with Crippen LogP contribution in [-0.4, -0.2) is 27.5 Å². The molecular weight excluding hydrogens is 237 g/mol. The minimum atomic E-state index is -0.584. The fourth-order valence-corrected chi connectivity index (χ4v) is 1.52. The highest BCUT2D eigenvalue weighted by atomic mass is 19.1. The third-order valence-electron chi connectivity index (χ3n) is 2.41. The van der Waals surface area contributed by atoms with Crippen molar-refractivity contribution in [2.45, 2.75) is 6.42 Å². The monoisotopic (exact) mass is 249 g/mol.